The summed E-state index contributed by atoms with van der Waals surface area (Å²) < 4.78 is 25.6. The molecule has 3 N–H and O–H groups in total. The number of hydrogen-bond donors (Lipinski definition) is 2. The monoisotopic (exact) mass is 352 g/mol. The minimum absolute atomic E-state index is 0.00477. The molecule has 0 amide bonds. The van der Waals surface area contributed by atoms with Gasteiger partial charge in [-0.2, -0.15) is 5.10 Å². The first-order valence-electron chi connectivity index (χ1n) is 6.90. The highest BCUT2D eigenvalue weighted by atomic mass is 35.5. The zero-order valence-corrected chi connectivity index (χ0v) is 13.5. The number of halogens is 3. The maximum atomic E-state index is 12.8. The number of rotatable bonds is 6. The normalized spacial score (nSPS) is 12.1. The number of benzene rings is 1. The molecule has 9 heteroatoms. The second-order valence-electron chi connectivity index (χ2n) is 4.82. The summed E-state index contributed by atoms with van der Waals surface area (Å²) in [7, 11) is 0. The van der Waals surface area contributed by atoms with Gasteiger partial charge in [0.05, 0.1) is 24.2 Å². The van der Waals surface area contributed by atoms with E-state index in [0.29, 0.717) is 17.3 Å². The smallest absolute Gasteiger partial charge is 0.265 e. The van der Waals surface area contributed by atoms with Crippen molar-refractivity contribution in [2.24, 2.45) is 15.9 Å². The van der Waals surface area contributed by atoms with Crippen LogP contribution in [0.5, 0.6) is 0 Å². The fraction of sp³-hybridized carbons (Fsp3) is 0.200. The van der Waals surface area contributed by atoms with Gasteiger partial charge in [0.25, 0.3) is 6.43 Å². The lowest BCUT2D eigenvalue weighted by Gasteiger charge is -2.05. The van der Waals surface area contributed by atoms with Gasteiger partial charge < -0.3 is 11.2 Å². The van der Waals surface area contributed by atoms with Crippen LogP contribution in [0.3, 0.4) is 0 Å². The lowest BCUT2D eigenvalue weighted by atomic mass is 10.2. The Balaban J connectivity index is 2.03. The van der Waals surface area contributed by atoms with Gasteiger partial charge in [0.1, 0.15) is 0 Å². The van der Waals surface area contributed by atoms with Gasteiger partial charge in [0.2, 0.25) is 5.95 Å². The Kier molecular flexibility index (Phi) is 6.14. The van der Waals surface area contributed by atoms with Gasteiger partial charge in [-0.3, -0.25) is 4.99 Å². The summed E-state index contributed by atoms with van der Waals surface area (Å²) in [6.07, 6.45) is 2.04. The van der Waals surface area contributed by atoms with Gasteiger partial charge in [-0.1, -0.05) is 11.6 Å². The van der Waals surface area contributed by atoms with Crippen molar-refractivity contribution in [2.45, 2.75) is 13.3 Å². The highest BCUT2D eigenvalue weighted by Gasteiger charge is 2.12. The van der Waals surface area contributed by atoms with E-state index in [1.165, 1.54) is 24.4 Å². The van der Waals surface area contributed by atoms with Crippen molar-refractivity contribution in [3.8, 4) is 0 Å². The number of aryl methyl sites for hydroxylation is 1. The number of aromatic nitrogens is 2. The van der Waals surface area contributed by atoms with Crippen LogP contribution in [0.4, 0.5) is 20.4 Å². The number of anilines is 1. The van der Waals surface area contributed by atoms with E-state index in [4.69, 9.17) is 17.4 Å². The molecule has 0 spiro atoms. The maximum absolute atomic E-state index is 12.8. The Morgan fingerprint density at radius 2 is 2.08 bits per heavy atom. The molecular weight excluding hydrogens is 338 g/mol. The summed E-state index contributed by atoms with van der Waals surface area (Å²) >= 11 is 5.71. The molecule has 0 saturated carbocycles. The quantitative estimate of drug-likeness (QED) is 0.473. The largest absolute Gasteiger partial charge is 0.348 e. The molecule has 0 atom stereocenters. The highest BCUT2D eigenvalue weighted by molar-refractivity contribution is 6.32. The van der Waals surface area contributed by atoms with Crippen LogP contribution in [0.2, 0.25) is 5.02 Å². The zero-order chi connectivity index (χ0) is 17.5. The number of nitrogens with one attached hydrogen (secondary N) is 1. The molecule has 0 aliphatic rings. The first-order chi connectivity index (χ1) is 11.5. The van der Waals surface area contributed by atoms with Crippen molar-refractivity contribution in [3.63, 3.8) is 0 Å². The summed E-state index contributed by atoms with van der Waals surface area (Å²) in [6, 6.07) is 4.11. The fourth-order valence-electron chi connectivity index (χ4n) is 1.71. The van der Waals surface area contributed by atoms with Crippen LogP contribution in [-0.2, 0) is 0 Å². The number of nitrogens with two attached hydrogens (primary N) is 1. The standard InChI is InChI=1S/C15H15ClF2N6/c1-9-5-21-15(22-6-9)23-8-11(24-19)7-20-10-2-3-13(16)12(4-10)14(17)18/h2-7,14H,8,19H2,1H3,(H,21,22,23). The average Bonchev–Trinajstić information content (AvgIpc) is 2.57. The van der Waals surface area contributed by atoms with Gasteiger partial charge in [-0.15, -0.1) is 0 Å². The van der Waals surface area contributed by atoms with Crippen molar-refractivity contribution < 1.29 is 8.78 Å². The van der Waals surface area contributed by atoms with Gasteiger partial charge in [-0.05, 0) is 30.7 Å². The van der Waals surface area contributed by atoms with E-state index in [2.05, 4.69) is 25.4 Å². The molecular formula is C15H15ClF2N6. The average molecular weight is 353 g/mol. The van der Waals surface area contributed by atoms with E-state index in [1.807, 2.05) is 6.92 Å². The van der Waals surface area contributed by atoms with Crippen molar-refractivity contribution in [2.75, 3.05) is 11.9 Å². The number of aliphatic imine (C=N–C) groups is 1. The predicted molar refractivity (Wildman–Crippen MR) is 91.4 cm³/mol. The van der Waals surface area contributed by atoms with Crippen molar-refractivity contribution in [1.82, 2.24) is 9.97 Å². The van der Waals surface area contributed by atoms with Crippen LogP contribution < -0.4 is 11.2 Å². The molecule has 24 heavy (non-hydrogen) atoms. The summed E-state index contributed by atoms with van der Waals surface area (Å²) in [5.41, 5.74) is 1.38. The Bertz CT molecular complexity index is 746. The molecule has 126 valence electrons. The third-order valence-corrected chi connectivity index (χ3v) is 3.30. The van der Waals surface area contributed by atoms with E-state index in [1.54, 1.807) is 12.4 Å². The third kappa shape index (κ3) is 4.95. The number of hydrogen-bond acceptors (Lipinski definition) is 6. The number of alkyl halides is 2. The maximum Gasteiger partial charge on any atom is 0.265 e. The molecule has 1 heterocycles. The molecule has 0 fully saturated rings. The molecule has 2 aromatic rings. The van der Waals surface area contributed by atoms with Crippen LogP contribution in [0.15, 0.2) is 40.7 Å². The molecule has 0 radical (unpaired) electrons. The summed E-state index contributed by atoms with van der Waals surface area (Å²) in [6.45, 7) is 2.11. The van der Waals surface area contributed by atoms with E-state index >= 15 is 0 Å². The second-order valence-corrected chi connectivity index (χ2v) is 5.23. The Morgan fingerprint density at radius 1 is 1.38 bits per heavy atom. The first-order valence-corrected chi connectivity index (χ1v) is 7.28. The van der Waals surface area contributed by atoms with Crippen LogP contribution in [0.1, 0.15) is 17.6 Å². The molecule has 1 aromatic carbocycles. The Hall–Kier alpha value is -2.61. The van der Waals surface area contributed by atoms with Crippen molar-refractivity contribution >= 4 is 35.2 Å². The van der Waals surface area contributed by atoms with Crippen LogP contribution in [0, 0.1) is 6.92 Å². The fourth-order valence-corrected chi connectivity index (χ4v) is 1.91. The molecule has 0 aliphatic carbocycles. The van der Waals surface area contributed by atoms with E-state index in [9.17, 15) is 8.78 Å². The minimum atomic E-state index is -2.67. The van der Waals surface area contributed by atoms with Crippen LogP contribution in [0.25, 0.3) is 0 Å². The molecule has 0 bridgehead atoms. The van der Waals surface area contributed by atoms with Crippen LogP contribution >= 0.6 is 11.6 Å². The van der Waals surface area contributed by atoms with Gasteiger partial charge in [0, 0.05) is 23.0 Å². The molecule has 0 aliphatic heterocycles. The van der Waals surface area contributed by atoms with Gasteiger partial charge in [0.15, 0.2) is 0 Å². The van der Waals surface area contributed by atoms with Gasteiger partial charge in [-0.25, -0.2) is 18.7 Å². The molecule has 6 nitrogen and oxygen atoms in total. The summed E-state index contributed by atoms with van der Waals surface area (Å²) in [5, 5.41) is 6.51. The summed E-state index contributed by atoms with van der Waals surface area (Å²) in [5.74, 6) is 5.72. The van der Waals surface area contributed by atoms with Gasteiger partial charge >= 0.3 is 0 Å². The van der Waals surface area contributed by atoms with E-state index < -0.39 is 6.43 Å². The lowest BCUT2D eigenvalue weighted by Crippen LogP contribution is -2.18. The highest BCUT2D eigenvalue weighted by Crippen LogP contribution is 2.30. The molecule has 0 unspecified atom stereocenters. The second kappa shape index (κ2) is 8.30. The molecule has 0 saturated heterocycles. The summed E-state index contributed by atoms with van der Waals surface area (Å²) in [4.78, 5) is 12.2. The van der Waals surface area contributed by atoms with Crippen molar-refractivity contribution in [3.05, 3.63) is 46.7 Å². The minimum Gasteiger partial charge on any atom is -0.348 e. The number of hydrazone groups is 1. The van der Waals surface area contributed by atoms with E-state index in [-0.39, 0.29) is 17.1 Å². The van der Waals surface area contributed by atoms with Crippen LogP contribution in [-0.4, -0.2) is 28.4 Å². The molecule has 1 aromatic heterocycles. The lowest BCUT2D eigenvalue weighted by molar-refractivity contribution is 0.151. The van der Waals surface area contributed by atoms with Crippen molar-refractivity contribution in [1.29, 1.82) is 0 Å². The predicted octanol–water partition coefficient (Wildman–Crippen LogP) is 3.51. The Labute approximate surface area is 142 Å². The topological polar surface area (TPSA) is 88.5 Å². The Morgan fingerprint density at radius 3 is 2.71 bits per heavy atom. The number of nitrogens with zero attached hydrogens (tertiary/aromatic N) is 4. The SMILES string of the molecule is Cc1cnc(NCC(C=Nc2ccc(Cl)c(C(F)F)c2)=NN)nc1. The van der Waals surface area contributed by atoms with E-state index in [0.717, 1.165) is 5.56 Å². The first kappa shape index (κ1) is 17.7. The third-order valence-electron chi connectivity index (χ3n) is 2.95. The molecule has 2 rings (SSSR count). The zero-order valence-electron chi connectivity index (χ0n) is 12.7.